The molecule has 174 valence electrons. The van der Waals surface area contributed by atoms with Gasteiger partial charge in [0.2, 0.25) is 0 Å². The lowest BCUT2D eigenvalue weighted by Crippen LogP contribution is -2.43. The first-order valence-corrected chi connectivity index (χ1v) is 11.2. The summed E-state index contributed by atoms with van der Waals surface area (Å²) in [4.78, 5) is 11.1. The molecule has 0 amide bonds. The van der Waals surface area contributed by atoms with Gasteiger partial charge in [-0.05, 0) is 41.3 Å². The standard InChI is InChI=1S/C27H27N3O4/c1-33-23-11-10-18(15-25(31)32)14-20(23)12-13-29-26(19-6-3-2-4-7-19)24-17-30-22-9-5-8-21(16-28)27(22)34-24/h2-11,14,24,26,29-30H,12-13,15,17H2,1H3,(H,31,32)/t24-,26-/m1/s1. The van der Waals surface area contributed by atoms with Crippen LogP contribution in [0.25, 0.3) is 0 Å². The summed E-state index contributed by atoms with van der Waals surface area (Å²) in [5, 5.41) is 25.6. The second-order valence-corrected chi connectivity index (χ2v) is 8.14. The third-order valence-electron chi connectivity index (χ3n) is 5.89. The largest absolute Gasteiger partial charge is 0.496 e. The Morgan fingerprint density at radius 2 is 2.06 bits per heavy atom. The van der Waals surface area contributed by atoms with Crippen LogP contribution in [-0.4, -0.2) is 37.4 Å². The zero-order valence-electron chi connectivity index (χ0n) is 19.0. The first-order chi connectivity index (χ1) is 16.6. The van der Waals surface area contributed by atoms with Gasteiger partial charge in [-0.2, -0.15) is 5.26 Å². The molecule has 7 nitrogen and oxygen atoms in total. The van der Waals surface area contributed by atoms with E-state index in [0.29, 0.717) is 30.8 Å². The van der Waals surface area contributed by atoms with Crippen LogP contribution in [0.15, 0.2) is 66.7 Å². The molecule has 0 unspecified atom stereocenters. The second kappa shape index (κ2) is 10.7. The van der Waals surface area contributed by atoms with Gasteiger partial charge in [-0.1, -0.05) is 48.5 Å². The number of anilines is 1. The van der Waals surface area contributed by atoms with Gasteiger partial charge < -0.3 is 25.2 Å². The molecule has 0 bridgehead atoms. The number of hydrogen-bond donors (Lipinski definition) is 3. The van der Waals surface area contributed by atoms with E-state index in [4.69, 9.17) is 14.6 Å². The van der Waals surface area contributed by atoms with Crippen molar-refractivity contribution < 1.29 is 19.4 Å². The summed E-state index contributed by atoms with van der Waals surface area (Å²) in [7, 11) is 1.61. The summed E-state index contributed by atoms with van der Waals surface area (Å²) >= 11 is 0. The van der Waals surface area contributed by atoms with Gasteiger partial charge in [0, 0.05) is 6.54 Å². The van der Waals surface area contributed by atoms with E-state index < -0.39 is 5.97 Å². The maximum atomic E-state index is 11.1. The van der Waals surface area contributed by atoms with E-state index >= 15 is 0 Å². The number of carboxylic acids is 1. The van der Waals surface area contributed by atoms with Crippen LogP contribution in [0, 0.1) is 11.3 Å². The lowest BCUT2D eigenvalue weighted by atomic mass is 9.98. The number of ether oxygens (including phenoxy) is 2. The molecule has 0 fully saturated rings. The zero-order chi connectivity index (χ0) is 23.9. The molecule has 34 heavy (non-hydrogen) atoms. The molecule has 3 aromatic rings. The van der Waals surface area contributed by atoms with Crippen molar-refractivity contribution in [1.29, 1.82) is 5.26 Å². The van der Waals surface area contributed by atoms with Gasteiger partial charge in [-0.25, -0.2) is 0 Å². The van der Waals surface area contributed by atoms with Gasteiger partial charge in [-0.15, -0.1) is 0 Å². The Bertz CT molecular complexity index is 1190. The van der Waals surface area contributed by atoms with E-state index in [1.165, 1.54) is 0 Å². The highest BCUT2D eigenvalue weighted by molar-refractivity contribution is 5.70. The molecule has 3 aromatic carbocycles. The molecule has 0 saturated heterocycles. The molecule has 4 rings (SSSR count). The minimum absolute atomic E-state index is 0.0285. The number of carbonyl (C=O) groups is 1. The molecule has 0 aliphatic carbocycles. The van der Waals surface area contributed by atoms with Crippen molar-refractivity contribution in [2.24, 2.45) is 0 Å². The fourth-order valence-corrected chi connectivity index (χ4v) is 4.28. The molecule has 1 aliphatic rings. The molecular formula is C27H27N3O4. The van der Waals surface area contributed by atoms with Crippen molar-refractivity contribution in [2.75, 3.05) is 25.5 Å². The first-order valence-electron chi connectivity index (χ1n) is 11.2. The minimum atomic E-state index is -0.864. The summed E-state index contributed by atoms with van der Waals surface area (Å²) in [6, 6.07) is 23.2. The van der Waals surface area contributed by atoms with E-state index in [-0.39, 0.29) is 18.6 Å². The summed E-state index contributed by atoms with van der Waals surface area (Å²) in [6.07, 6.45) is 0.393. The number of nitriles is 1. The van der Waals surface area contributed by atoms with Crippen LogP contribution in [0.3, 0.4) is 0 Å². The number of para-hydroxylation sites is 1. The molecule has 1 heterocycles. The number of hydrogen-bond acceptors (Lipinski definition) is 6. The average molecular weight is 458 g/mol. The highest BCUT2D eigenvalue weighted by Gasteiger charge is 2.30. The zero-order valence-corrected chi connectivity index (χ0v) is 19.0. The predicted octanol–water partition coefficient (Wildman–Crippen LogP) is 3.94. The Balaban J connectivity index is 1.53. The SMILES string of the molecule is COc1ccc(CC(=O)O)cc1CCN[C@H](c1ccccc1)[C@H]1CNc2cccc(C#N)c2O1. The molecule has 0 saturated carbocycles. The van der Waals surface area contributed by atoms with Crippen LogP contribution in [0.4, 0.5) is 5.69 Å². The van der Waals surface area contributed by atoms with Crippen molar-refractivity contribution >= 4 is 11.7 Å². The van der Waals surface area contributed by atoms with Crippen LogP contribution < -0.4 is 20.1 Å². The Kier molecular flexibility index (Phi) is 7.31. The number of nitrogens with one attached hydrogen (secondary N) is 2. The van der Waals surface area contributed by atoms with E-state index in [9.17, 15) is 10.1 Å². The first kappa shape index (κ1) is 23.1. The van der Waals surface area contributed by atoms with Gasteiger partial charge in [0.25, 0.3) is 0 Å². The lowest BCUT2D eigenvalue weighted by molar-refractivity contribution is -0.136. The van der Waals surface area contributed by atoms with Crippen LogP contribution in [0.2, 0.25) is 0 Å². The maximum absolute atomic E-state index is 11.1. The minimum Gasteiger partial charge on any atom is -0.496 e. The Hall–Kier alpha value is -4.02. The van der Waals surface area contributed by atoms with E-state index in [0.717, 1.165) is 28.1 Å². The molecule has 0 aromatic heterocycles. The van der Waals surface area contributed by atoms with E-state index in [1.54, 1.807) is 19.2 Å². The maximum Gasteiger partial charge on any atom is 0.307 e. The van der Waals surface area contributed by atoms with Crippen molar-refractivity contribution in [1.82, 2.24) is 5.32 Å². The Morgan fingerprint density at radius 3 is 2.79 bits per heavy atom. The van der Waals surface area contributed by atoms with Crippen molar-refractivity contribution in [2.45, 2.75) is 25.0 Å². The summed E-state index contributed by atoms with van der Waals surface area (Å²) in [6.45, 7) is 1.21. The van der Waals surface area contributed by atoms with Crippen LogP contribution in [0.5, 0.6) is 11.5 Å². The van der Waals surface area contributed by atoms with Crippen LogP contribution >= 0.6 is 0 Å². The van der Waals surface area contributed by atoms with Gasteiger partial charge in [0.05, 0.1) is 37.4 Å². The molecule has 2 atom stereocenters. The Morgan fingerprint density at radius 1 is 1.24 bits per heavy atom. The van der Waals surface area contributed by atoms with E-state index in [1.807, 2.05) is 42.5 Å². The van der Waals surface area contributed by atoms with Crippen LogP contribution in [0.1, 0.15) is 28.3 Å². The number of benzene rings is 3. The summed E-state index contributed by atoms with van der Waals surface area (Å²) < 4.78 is 11.8. The van der Waals surface area contributed by atoms with Gasteiger partial charge in [0.1, 0.15) is 17.9 Å². The highest BCUT2D eigenvalue weighted by Crippen LogP contribution is 2.35. The quantitative estimate of drug-likeness (QED) is 0.447. The topological polar surface area (TPSA) is 104 Å². The monoisotopic (exact) mass is 457 g/mol. The number of methoxy groups -OCH3 is 1. The molecule has 0 spiro atoms. The van der Waals surface area contributed by atoms with Crippen molar-refractivity contribution in [3.05, 3.63) is 89.0 Å². The lowest BCUT2D eigenvalue weighted by Gasteiger charge is -2.34. The number of fused-ring (bicyclic) bond motifs is 1. The van der Waals surface area contributed by atoms with Crippen LogP contribution in [-0.2, 0) is 17.6 Å². The normalized spacial score (nSPS) is 15.2. The third-order valence-corrected chi connectivity index (χ3v) is 5.89. The average Bonchev–Trinajstić information content (AvgIpc) is 2.86. The van der Waals surface area contributed by atoms with Crippen molar-refractivity contribution in [3.8, 4) is 17.6 Å². The van der Waals surface area contributed by atoms with Gasteiger partial charge in [-0.3, -0.25) is 4.79 Å². The van der Waals surface area contributed by atoms with E-state index in [2.05, 4.69) is 28.8 Å². The number of nitrogens with zero attached hydrogens (tertiary/aromatic N) is 1. The van der Waals surface area contributed by atoms with Gasteiger partial charge in [0.15, 0.2) is 5.75 Å². The smallest absolute Gasteiger partial charge is 0.307 e. The predicted molar refractivity (Wildman–Crippen MR) is 129 cm³/mol. The molecule has 3 N–H and O–H groups in total. The number of aliphatic carboxylic acids is 1. The summed E-state index contributed by atoms with van der Waals surface area (Å²) in [5.41, 5.74) is 4.09. The highest BCUT2D eigenvalue weighted by atomic mass is 16.5. The second-order valence-electron chi connectivity index (χ2n) is 8.14. The van der Waals surface area contributed by atoms with Crippen molar-refractivity contribution in [3.63, 3.8) is 0 Å². The summed E-state index contributed by atoms with van der Waals surface area (Å²) in [5.74, 6) is 0.444. The molecule has 1 aliphatic heterocycles. The fourth-order valence-electron chi connectivity index (χ4n) is 4.28. The third kappa shape index (κ3) is 5.30. The number of rotatable bonds is 9. The molecule has 7 heteroatoms. The van der Waals surface area contributed by atoms with Gasteiger partial charge >= 0.3 is 5.97 Å². The molecule has 0 radical (unpaired) electrons. The Labute approximate surface area is 198 Å². The number of carboxylic acid groups (broad SMARTS) is 1. The fraction of sp³-hybridized carbons (Fsp3) is 0.259. The molecular weight excluding hydrogens is 430 g/mol.